The van der Waals surface area contributed by atoms with E-state index in [9.17, 15) is 0 Å². The first-order valence-corrected chi connectivity index (χ1v) is 7.51. The van der Waals surface area contributed by atoms with Gasteiger partial charge in [0, 0.05) is 19.6 Å². The van der Waals surface area contributed by atoms with Crippen LogP contribution in [0, 0.1) is 5.92 Å². The van der Waals surface area contributed by atoms with Gasteiger partial charge in [0.05, 0.1) is 11.6 Å². The van der Waals surface area contributed by atoms with Crippen LogP contribution in [0.4, 0.5) is 11.8 Å². The van der Waals surface area contributed by atoms with Crippen molar-refractivity contribution in [1.29, 1.82) is 0 Å². The summed E-state index contributed by atoms with van der Waals surface area (Å²) >= 11 is 0. The predicted molar refractivity (Wildman–Crippen MR) is 81.1 cm³/mol. The van der Waals surface area contributed by atoms with E-state index in [0.717, 1.165) is 48.8 Å². The molecule has 1 aliphatic carbocycles. The molecule has 0 radical (unpaired) electrons. The van der Waals surface area contributed by atoms with Crippen LogP contribution in [0.25, 0.3) is 11.0 Å². The number of nitrogens with one attached hydrogen (secondary N) is 2. The summed E-state index contributed by atoms with van der Waals surface area (Å²) in [6.45, 7) is 7.19. The molecule has 0 unspecified atom stereocenters. The summed E-state index contributed by atoms with van der Waals surface area (Å²) in [5, 5.41) is 11.3. The molecule has 108 valence electrons. The highest BCUT2D eigenvalue weighted by molar-refractivity contribution is 5.87. The monoisotopic (exact) mass is 274 g/mol. The molecule has 2 heterocycles. The van der Waals surface area contributed by atoms with Crippen molar-refractivity contribution in [2.75, 3.05) is 29.9 Å². The Bertz CT molecular complexity index is 574. The first-order valence-electron chi connectivity index (χ1n) is 7.51. The van der Waals surface area contributed by atoms with Crippen LogP contribution >= 0.6 is 0 Å². The molecule has 0 aromatic carbocycles. The van der Waals surface area contributed by atoms with Gasteiger partial charge in [0.1, 0.15) is 5.82 Å². The van der Waals surface area contributed by atoms with Crippen LogP contribution in [-0.4, -0.2) is 39.8 Å². The molecule has 6 heteroatoms. The zero-order valence-electron chi connectivity index (χ0n) is 12.2. The highest BCUT2D eigenvalue weighted by Gasteiger charge is 2.26. The third kappa shape index (κ3) is 2.69. The number of aromatic nitrogens is 4. The third-order valence-corrected chi connectivity index (χ3v) is 3.59. The molecule has 0 atom stereocenters. The summed E-state index contributed by atoms with van der Waals surface area (Å²) in [5.41, 5.74) is 0.808. The summed E-state index contributed by atoms with van der Waals surface area (Å²) in [6, 6.07) is 0. The van der Waals surface area contributed by atoms with Crippen molar-refractivity contribution in [3.05, 3.63) is 6.20 Å². The Balaban J connectivity index is 1.98. The normalized spacial score (nSPS) is 14.7. The zero-order chi connectivity index (χ0) is 13.9. The fraction of sp³-hybridized carbons (Fsp3) is 0.643. The lowest BCUT2D eigenvalue weighted by Crippen LogP contribution is -2.28. The minimum Gasteiger partial charge on any atom is -0.356 e. The summed E-state index contributed by atoms with van der Waals surface area (Å²) in [4.78, 5) is 11.5. The fourth-order valence-electron chi connectivity index (χ4n) is 2.46. The van der Waals surface area contributed by atoms with Crippen LogP contribution in [0.15, 0.2) is 6.20 Å². The Morgan fingerprint density at radius 2 is 2.20 bits per heavy atom. The first kappa shape index (κ1) is 13.1. The van der Waals surface area contributed by atoms with Gasteiger partial charge in [-0.3, -0.25) is 5.10 Å². The SMILES string of the molecule is CCCN(CC1CC1)c1nc(NCC)nc2[nH]ncc12. The van der Waals surface area contributed by atoms with Gasteiger partial charge < -0.3 is 10.2 Å². The molecule has 2 aromatic heterocycles. The van der Waals surface area contributed by atoms with Gasteiger partial charge in [0.15, 0.2) is 5.65 Å². The molecule has 3 rings (SSSR count). The van der Waals surface area contributed by atoms with E-state index in [4.69, 9.17) is 4.98 Å². The number of H-pyrrole nitrogens is 1. The predicted octanol–water partition coefficient (Wildman–Crippen LogP) is 2.41. The molecule has 1 saturated carbocycles. The van der Waals surface area contributed by atoms with Crippen molar-refractivity contribution in [1.82, 2.24) is 20.2 Å². The Labute approximate surface area is 119 Å². The molecule has 2 aromatic rings. The van der Waals surface area contributed by atoms with Gasteiger partial charge >= 0.3 is 0 Å². The minimum atomic E-state index is 0.677. The lowest BCUT2D eigenvalue weighted by molar-refractivity contribution is 0.701. The van der Waals surface area contributed by atoms with E-state index in [0.29, 0.717) is 5.95 Å². The van der Waals surface area contributed by atoms with Gasteiger partial charge in [-0.2, -0.15) is 15.1 Å². The standard InChI is InChI=1S/C14H22N6/c1-3-7-20(9-10-5-6-10)13-11-8-16-19-12(11)17-14(18-13)15-4-2/h8,10H,3-7,9H2,1-2H3,(H2,15,16,17,18,19). The Hall–Kier alpha value is -1.85. The molecule has 6 nitrogen and oxygen atoms in total. The largest absolute Gasteiger partial charge is 0.356 e. The molecule has 0 aliphatic heterocycles. The van der Waals surface area contributed by atoms with E-state index >= 15 is 0 Å². The number of nitrogens with zero attached hydrogens (tertiary/aromatic N) is 4. The average Bonchev–Trinajstić information content (AvgIpc) is 3.13. The summed E-state index contributed by atoms with van der Waals surface area (Å²) in [5.74, 6) is 2.52. The topological polar surface area (TPSA) is 69.7 Å². The summed E-state index contributed by atoms with van der Waals surface area (Å²) in [7, 11) is 0. The molecule has 0 spiro atoms. The fourth-order valence-corrected chi connectivity index (χ4v) is 2.46. The number of fused-ring (bicyclic) bond motifs is 1. The molecule has 1 fully saturated rings. The van der Waals surface area contributed by atoms with Crippen molar-refractivity contribution >= 4 is 22.8 Å². The number of rotatable bonds is 7. The second-order valence-electron chi connectivity index (χ2n) is 5.42. The third-order valence-electron chi connectivity index (χ3n) is 3.59. The molecule has 0 amide bonds. The Kier molecular flexibility index (Phi) is 3.71. The molecule has 20 heavy (non-hydrogen) atoms. The van der Waals surface area contributed by atoms with Gasteiger partial charge in [-0.25, -0.2) is 0 Å². The second kappa shape index (κ2) is 5.64. The maximum absolute atomic E-state index is 4.71. The van der Waals surface area contributed by atoms with Crippen LogP contribution < -0.4 is 10.2 Å². The lowest BCUT2D eigenvalue weighted by atomic mass is 10.3. The number of hydrogen-bond acceptors (Lipinski definition) is 5. The smallest absolute Gasteiger partial charge is 0.226 e. The van der Waals surface area contributed by atoms with Crippen LogP contribution in [0.3, 0.4) is 0 Å². The minimum absolute atomic E-state index is 0.677. The Morgan fingerprint density at radius 3 is 2.90 bits per heavy atom. The second-order valence-corrected chi connectivity index (χ2v) is 5.42. The number of aromatic amines is 1. The van der Waals surface area contributed by atoms with E-state index in [1.165, 1.54) is 12.8 Å². The zero-order valence-corrected chi connectivity index (χ0v) is 12.2. The van der Waals surface area contributed by atoms with Gasteiger partial charge in [-0.15, -0.1) is 0 Å². The highest BCUT2D eigenvalue weighted by atomic mass is 15.3. The van der Waals surface area contributed by atoms with Gasteiger partial charge in [-0.1, -0.05) is 6.92 Å². The van der Waals surface area contributed by atoms with Crippen molar-refractivity contribution < 1.29 is 0 Å². The number of hydrogen-bond donors (Lipinski definition) is 2. The Morgan fingerprint density at radius 1 is 1.35 bits per heavy atom. The quantitative estimate of drug-likeness (QED) is 0.811. The number of anilines is 2. The van der Waals surface area contributed by atoms with Gasteiger partial charge in [0.25, 0.3) is 0 Å². The molecule has 0 bridgehead atoms. The van der Waals surface area contributed by atoms with Crippen LogP contribution in [0.1, 0.15) is 33.1 Å². The van der Waals surface area contributed by atoms with Crippen LogP contribution in [-0.2, 0) is 0 Å². The van der Waals surface area contributed by atoms with Crippen LogP contribution in [0.2, 0.25) is 0 Å². The highest BCUT2D eigenvalue weighted by Crippen LogP contribution is 2.33. The molecule has 1 aliphatic rings. The summed E-state index contributed by atoms with van der Waals surface area (Å²) < 4.78 is 0. The molecule has 0 saturated heterocycles. The van der Waals surface area contributed by atoms with E-state index in [-0.39, 0.29) is 0 Å². The van der Waals surface area contributed by atoms with E-state index in [1.54, 1.807) is 0 Å². The lowest BCUT2D eigenvalue weighted by Gasteiger charge is -2.24. The first-order chi connectivity index (χ1) is 9.81. The van der Waals surface area contributed by atoms with E-state index < -0.39 is 0 Å². The van der Waals surface area contributed by atoms with Crippen molar-refractivity contribution in [2.24, 2.45) is 5.92 Å². The average molecular weight is 274 g/mol. The van der Waals surface area contributed by atoms with Crippen molar-refractivity contribution in [2.45, 2.75) is 33.1 Å². The van der Waals surface area contributed by atoms with E-state index in [1.807, 2.05) is 13.1 Å². The molecular formula is C14H22N6. The van der Waals surface area contributed by atoms with E-state index in [2.05, 4.69) is 32.3 Å². The summed E-state index contributed by atoms with van der Waals surface area (Å²) in [6.07, 6.45) is 5.64. The van der Waals surface area contributed by atoms with Crippen LogP contribution in [0.5, 0.6) is 0 Å². The van der Waals surface area contributed by atoms with Gasteiger partial charge in [0.2, 0.25) is 5.95 Å². The molecule has 2 N–H and O–H groups in total. The molecular weight excluding hydrogens is 252 g/mol. The van der Waals surface area contributed by atoms with Crippen molar-refractivity contribution in [3.63, 3.8) is 0 Å². The van der Waals surface area contributed by atoms with Gasteiger partial charge in [-0.05, 0) is 32.1 Å². The maximum atomic E-state index is 4.71. The maximum Gasteiger partial charge on any atom is 0.226 e. The van der Waals surface area contributed by atoms with Crippen molar-refractivity contribution in [3.8, 4) is 0 Å².